The number of carbonyl (C=O) groups is 2. The van der Waals surface area contributed by atoms with Gasteiger partial charge >= 0.3 is 12.2 Å². The summed E-state index contributed by atoms with van der Waals surface area (Å²) in [5.74, 6) is 0.760. The van der Waals surface area contributed by atoms with Crippen LogP contribution in [0.1, 0.15) is 63.9 Å². The van der Waals surface area contributed by atoms with Crippen molar-refractivity contribution in [3.63, 3.8) is 0 Å². The molecule has 1 saturated carbocycles. The first-order chi connectivity index (χ1) is 17.5. The predicted octanol–water partition coefficient (Wildman–Crippen LogP) is 5.09. The smallest absolute Gasteiger partial charge is 0.414 e. The van der Waals surface area contributed by atoms with E-state index in [0.29, 0.717) is 10.7 Å². The number of amides is 2. The lowest BCUT2D eigenvalue weighted by Crippen LogP contribution is -2.61. The maximum absolute atomic E-state index is 12.6. The number of nitrogens with zero attached hydrogens (tertiary/aromatic N) is 3. The van der Waals surface area contributed by atoms with Gasteiger partial charge in [0.05, 0.1) is 37.7 Å². The SMILES string of the molecule is COC(=O)N1c2ccc(-c3csc(C4(O)CN(C(=O)OC(C)(C)C)C4)n3)c(OC3CCC3)c2CCC1C. The Hall–Kier alpha value is -2.85. The van der Waals surface area contributed by atoms with Crippen LogP contribution in [0.2, 0.25) is 0 Å². The normalized spacial score (nSPS) is 21.0. The van der Waals surface area contributed by atoms with Crippen LogP contribution in [0.3, 0.4) is 0 Å². The van der Waals surface area contributed by atoms with Crippen LogP contribution in [0.5, 0.6) is 5.75 Å². The molecule has 3 aliphatic rings. The summed E-state index contributed by atoms with van der Waals surface area (Å²) < 4.78 is 17.0. The first-order valence-electron chi connectivity index (χ1n) is 12.9. The second kappa shape index (κ2) is 9.47. The van der Waals surface area contributed by atoms with E-state index in [9.17, 15) is 14.7 Å². The van der Waals surface area contributed by atoms with Crippen LogP contribution in [0, 0.1) is 0 Å². The summed E-state index contributed by atoms with van der Waals surface area (Å²) >= 11 is 1.37. The van der Waals surface area contributed by atoms with Gasteiger partial charge in [0, 0.05) is 22.5 Å². The van der Waals surface area contributed by atoms with Crippen LogP contribution in [-0.4, -0.2) is 65.1 Å². The molecule has 5 rings (SSSR count). The third-order valence-corrected chi connectivity index (χ3v) is 8.23. The van der Waals surface area contributed by atoms with E-state index in [1.165, 1.54) is 23.3 Å². The molecular weight excluding hydrogens is 494 g/mol. The van der Waals surface area contributed by atoms with Crippen molar-refractivity contribution in [1.29, 1.82) is 0 Å². The Morgan fingerprint density at radius 2 is 1.89 bits per heavy atom. The number of ether oxygens (including phenoxy) is 3. The van der Waals surface area contributed by atoms with Crippen LogP contribution in [-0.2, 0) is 21.5 Å². The van der Waals surface area contributed by atoms with Gasteiger partial charge in [-0.05, 0) is 71.9 Å². The van der Waals surface area contributed by atoms with Gasteiger partial charge in [-0.3, -0.25) is 4.90 Å². The molecule has 200 valence electrons. The molecule has 1 N–H and O–H groups in total. The topological polar surface area (TPSA) is 101 Å². The molecule has 0 bridgehead atoms. The van der Waals surface area contributed by atoms with Crippen LogP contribution < -0.4 is 9.64 Å². The number of β-amino-alcohol motifs (C(OH)–C–C–N with tert-alkyl or cyclic N) is 1. The van der Waals surface area contributed by atoms with E-state index in [0.717, 1.165) is 54.7 Å². The molecule has 3 heterocycles. The van der Waals surface area contributed by atoms with Crippen molar-refractivity contribution in [1.82, 2.24) is 9.88 Å². The van der Waals surface area contributed by atoms with Crippen molar-refractivity contribution >= 4 is 29.2 Å². The summed E-state index contributed by atoms with van der Waals surface area (Å²) in [5.41, 5.74) is 1.55. The molecule has 2 amide bonds. The van der Waals surface area contributed by atoms with Gasteiger partial charge in [-0.2, -0.15) is 0 Å². The maximum Gasteiger partial charge on any atom is 0.414 e. The number of aromatic nitrogens is 1. The fourth-order valence-electron chi connectivity index (χ4n) is 4.96. The van der Waals surface area contributed by atoms with Crippen molar-refractivity contribution in [2.24, 2.45) is 0 Å². The number of fused-ring (bicyclic) bond motifs is 1. The second-order valence-corrected chi connectivity index (χ2v) is 12.1. The maximum atomic E-state index is 12.6. The molecule has 2 aromatic rings. The number of carbonyl (C=O) groups excluding carboxylic acids is 2. The quantitative estimate of drug-likeness (QED) is 0.589. The molecule has 1 aromatic carbocycles. The number of hydrogen-bond donors (Lipinski definition) is 1. The molecule has 1 aromatic heterocycles. The Morgan fingerprint density at radius 1 is 1.16 bits per heavy atom. The zero-order valence-electron chi connectivity index (χ0n) is 22.1. The second-order valence-electron chi connectivity index (χ2n) is 11.2. The summed E-state index contributed by atoms with van der Waals surface area (Å²) in [7, 11) is 1.40. The predicted molar refractivity (Wildman–Crippen MR) is 140 cm³/mol. The van der Waals surface area contributed by atoms with E-state index in [2.05, 4.69) is 0 Å². The van der Waals surface area contributed by atoms with Crippen LogP contribution >= 0.6 is 11.3 Å². The molecule has 9 nitrogen and oxygen atoms in total. The Kier molecular flexibility index (Phi) is 6.60. The summed E-state index contributed by atoms with van der Waals surface area (Å²) in [6, 6.07) is 3.90. The summed E-state index contributed by atoms with van der Waals surface area (Å²) in [5, 5.41) is 13.6. The lowest BCUT2D eigenvalue weighted by atomic mass is 9.92. The van der Waals surface area contributed by atoms with E-state index in [1.54, 1.807) is 4.90 Å². The number of aliphatic hydroxyl groups is 1. The average Bonchev–Trinajstić information content (AvgIpc) is 3.27. The van der Waals surface area contributed by atoms with E-state index >= 15 is 0 Å². The number of likely N-dealkylation sites (tertiary alicyclic amines) is 1. The Bertz CT molecular complexity index is 1200. The van der Waals surface area contributed by atoms with Gasteiger partial charge in [0.2, 0.25) is 0 Å². The van der Waals surface area contributed by atoms with Gasteiger partial charge in [-0.1, -0.05) is 0 Å². The Labute approximate surface area is 221 Å². The highest BCUT2D eigenvalue weighted by molar-refractivity contribution is 7.10. The first-order valence-corrected chi connectivity index (χ1v) is 13.7. The number of thiazole rings is 1. The van der Waals surface area contributed by atoms with E-state index in [-0.39, 0.29) is 31.3 Å². The number of hydrogen-bond acceptors (Lipinski definition) is 8. The minimum Gasteiger partial charge on any atom is -0.489 e. The van der Waals surface area contributed by atoms with Crippen molar-refractivity contribution in [2.75, 3.05) is 25.1 Å². The summed E-state index contributed by atoms with van der Waals surface area (Å²) in [6.45, 7) is 7.74. The fraction of sp³-hybridized carbons (Fsp3) is 0.593. The van der Waals surface area contributed by atoms with Gasteiger partial charge < -0.3 is 24.2 Å². The highest BCUT2D eigenvalue weighted by Crippen LogP contribution is 2.46. The molecule has 0 spiro atoms. The molecule has 1 atom stereocenters. The zero-order chi connectivity index (χ0) is 26.5. The van der Waals surface area contributed by atoms with Crippen molar-refractivity contribution in [2.45, 2.75) is 83.1 Å². The molecular formula is C27H35N3O6S. The molecule has 0 radical (unpaired) electrons. The van der Waals surface area contributed by atoms with Crippen LogP contribution in [0.4, 0.5) is 15.3 Å². The number of benzene rings is 1. The largest absolute Gasteiger partial charge is 0.489 e. The van der Waals surface area contributed by atoms with Gasteiger partial charge in [-0.15, -0.1) is 11.3 Å². The van der Waals surface area contributed by atoms with Gasteiger partial charge in [0.15, 0.2) is 5.60 Å². The van der Waals surface area contributed by atoms with Crippen molar-refractivity contribution in [3.8, 4) is 17.0 Å². The molecule has 10 heteroatoms. The molecule has 1 unspecified atom stereocenters. The number of methoxy groups -OCH3 is 1. The van der Waals surface area contributed by atoms with E-state index in [1.807, 2.05) is 45.2 Å². The lowest BCUT2D eigenvalue weighted by Gasteiger charge is -2.45. The number of anilines is 1. The van der Waals surface area contributed by atoms with E-state index in [4.69, 9.17) is 19.2 Å². The first kappa shape index (κ1) is 25.8. The minimum atomic E-state index is -1.21. The van der Waals surface area contributed by atoms with Gasteiger partial charge in [0.1, 0.15) is 16.4 Å². The van der Waals surface area contributed by atoms with E-state index < -0.39 is 17.3 Å². The highest BCUT2D eigenvalue weighted by Gasteiger charge is 2.48. The minimum absolute atomic E-state index is 0.0222. The van der Waals surface area contributed by atoms with Gasteiger partial charge in [-0.25, -0.2) is 14.6 Å². The Balaban J connectivity index is 1.44. The molecule has 2 aliphatic heterocycles. The fourth-order valence-corrected chi connectivity index (χ4v) is 5.86. The molecule has 37 heavy (non-hydrogen) atoms. The summed E-state index contributed by atoms with van der Waals surface area (Å²) in [4.78, 5) is 32.9. The van der Waals surface area contributed by atoms with Crippen LogP contribution in [0.25, 0.3) is 11.3 Å². The number of rotatable bonds is 4. The van der Waals surface area contributed by atoms with Gasteiger partial charge in [0.25, 0.3) is 0 Å². The average molecular weight is 530 g/mol. The Morgan fingerprint density at radius 3 is 2.51 bits per heavy atom. The standard InChI is InChI=1S/C27H35N3O6S/c1-16-9-10-19-21(30(16)25(32)34-5)12-11-18(22(19)35-17-7-6-8-17)20-13-37-23(28-20)27(33)14-29(15-27)24(31)36-26(2,3)4/h11-13,16-17,33H,6-10,14-15H2,1-5H3. The monoisotopic (exact) mass is 529 g/mol. The van der Waals surface area contributed by atoms with Crippen molar-refractivity contribution < 1.29 is 28.9 Å². The molecule has 2 fully saturated rings. The van der Waals surface area contributed by atoms with Crippen molar-refractivity contribution in [3.05, 3.63) is 28.1 Å². The highest BCUT2D eigenvalue weighted by atomic mass is 32.1. The third-order valence-electron chi connectivity index (χ3n) is 7.19. The third kappa shape index (κ3) is 4.88. The molecule has 1 saturated heterocycles. The zero-order valence-corrected chi connectivity index (χ0v) is 22.9. The molecule has 1 aliphatic carbocycles. The van der Waals surface area contributed by atoms with Crippen LogP contribution in [0.15, 0.2) is 17.5 Å². The summed E-state index contributed by atoms with van der Waals surface area (Å²) in [6.07, 6.45) is 4.06. The lowest BCUT2D eigenvalue weighted by molar-refractivity contribution is -0.103.